The van der Waals surface area contributed by atoms with Crippen LogP contribution in [-0.2, 0) is 4.74 Å². The van der Waals surface area contributed by atoms with Crippen LogP contribution in [0.3, 0.4) is 0 Å². The lowest BCUT2D eigenvalue weighted by Crippen LogP contribution is -2.35. The van der Waals surface area contributed by atoms with Crippen LogP contribution >= 0.6 is 0 Å². The van der Waals surface area contributed by atoms with Gasteiger partial charge in [0.05, 0.1) is 5.60 Å². The average molecular weight is 225 g/mol. The Balaban J connectivity index is 1.77. The van der Waals surface area contributed by atoms with Crippen molar-refractivity contribution in [2.75, 3.05) is 14.2 Å². The molecule has 2 heteroatoms. The highest BCUT2D eigenvalue weighted by Gasteiger charge is 2.47. The second-order valence-corrected chi connectivity index (χ2v) is 6.39. The quantitative estimate of drug-likeness (QED) is 0.750. The van der Waals surface area contributed by atoms with Crippen LogP contribution in [0.2, 0.25) is 0 Å². The standard InChI is InChI=1S/C14H27NO/c1-14(2,16-4)6-5-13(15-3)12-8-10-7-11(10)9-12/h10-13,15H,5-9H2,1-4H3. The van der Waals surface area contributed by atoms with Gasteiger partial charge in [-0.2, -0.15) is 0 Å². The molecule has 1 N–H and O–H groups in total. The monoisotopic (exact) mass is 225 g/mol. The molecule has 0 spiro atoms. The van der Waals surface area contributed by atoms with Gasteiger partial charge < -0.3 is 10.1 Å². The Hall–Kier alpha value is -0.0800. The van der Waals surface area contributed by atoms with Crippen molar-refractivity contribution in [2.45, 2.75) is 57.6 Å². The first-order chi connectivity index (χ1) is 7.55. The maximum Gasteiger partial charge on any atom is 0.0623 e. The van der Waals surface area contributed by atoms with E-state index in [0.717, 1.165) is 24.2 Å². The molecule has 2 aliphatic rings. The van der Waals surface area contributed by atoms with E-state index in [1.54, 1.807) is 0 Å². The van der Waals surface area contributed by atoms with E-state index in [1.807, 2.05) is 7.11 Å². The second kappa shape index (κ2) is 4.66. The van der Waals surface area contributed by atoms with Crippen LogP contribution in [0.5, 0.6) is 0 Å². The fraction of sp³-hybridized carbons (Fsp3) is 1.00. The van der Waals surface area contributed by atoms with Crippen LogP contribution < -0.4 is 5.32 Å². The van der Waals surface area contributed by atoms with Crippen molar-refractivity contribution in [3.63, 3.8) is 0 Å². The van der Waals surface area contributed by atoms with Gasteiger partial charge in [0.1, 0.15) is 0 Å². The number of ether oxygens (including phenoxy) is 1. The van der Waals surface area contributed by atoms with Crippen molar-refractivity contribution in [1.29, 1.82) is 0 Å². The minimum Gasteiger partial charge on any atom is -0.379 e. The Morgan fingerprint density at radius 1 is 1.25 bits per heavy atom. The normalized spacial score (nSPS) is 34.9. The molecule has 0 amide bonds. The topological polar surface area (TPSA) is 21.3 Å². The van der Waals surface area contributed by atoms with Crippen LogP contribution in [0.4, 0.5) is 0 Å². The summed E-state index contributed by atoms with van der Waals surface area (Å²) >= 11 is 0. The molecule has 0 aromatic heterocycles. The van der Waals surface area contributed by atoms with Gasteiger partial charge in [-0.15, -0.1) is 0 Å². The number of methoxy groups -OCH3 is 1. The third-order valence-electron chi connectivity index (χ3n) is 4.83. The lowest BCUT2D eigenvalue weighted by Gasteiger charge is -2.29. The molecule has 0 radical (unpaired) electrons. The fourth-order valence-electron chi connectivity index (χ4n) is 3.31. The van der Waals surface area contributed by atoms with Gasteiger partial charge in [-0.05, 0) is 70.8 Å². The molecule has 0 heterocycles. The van der Waals surface area contributed by atoms with Gasteiger partial charge in [0.2, 0.25) is 0 Å². The van der Waals surface area contributed by atoms with Crippen LogP contribution in [0.1, 0.15) is 46.0 Å². The smallest absolute Gasteiger partial charge is 0.0623 e. The van der Waals surface area contributed by atoms with E-state index in [4.69, 9.17) is 4.74 Å². The number of hydrogen-bond donors (Lipinski definition) is 1. The molecule has 2 nitrogen and oxygen atoms in total. The SMILES string of the molecule is CNC(CCC(C)(C)OC)C1CC2CC2C1. The maximum atomic E-state index is 5.50. The van der Waals surface area contributed by atoms with E-state index in [0.29, 0.717) is 6.04 Å². The average Bonchev–Trinajstić information content (AvgIpc) is 2.87. The van der Waals surface area contributed by atoms with E-state index in [1.165, 1.54) is 25.7 Å². The number of rotatable bonds is 6. The molecular weight excluding hydrogens is 198 g/mol. The Morgan fingerprint density at radius 3 is 2.38 bits per heavy atom. The zero-order valence-electron chi connectivity index (χ0n) is 11.3. The van der Waals surface area contributed by atoms with Crippen LogP contribution in [0, 0.1) is 17.8 Å². The van der Waals surface area contributed by atoms with Crippen molar-refractivity contribution < 1.29 is 4.74 Å². The molecular formula is C14H27NO. The summed E-state index contributed by atoms with van der Waals surface area (Å²) in [6.45, 7) is 4.37. The zero-order valence-corrected chi connectivity index (χ0v) is 11.3. The number of nitrogens with one attached hydrogen (secondary N) is 1. The lowest BCUT2D eigenvalue weighted by molar-refractivity contribution is 0.0103. The third-order valence-corrected chi connectivity index (χ3v) is 4.83. The van der Waals surface area contributed by atoms with Gasteiger partial charge in [0.25, 0.3) is 0 Å². The minimum atomic E-state index is 0.0383. The summed E-state index contributed by atoms with van der Waals surface area (Å²) in [6.07, 6.45) is 6.88. The molecule has 2 fully saturated rings. The first kappa shape index (κ1) is 12.4. The Labute approximate surface area is 100 Å². The van der Waals surface area contributed by atoms with Gasteiger partial charge in [0.15, 0.2) is 0 Å². The first-order valence-corrected chi connectivity index (χ1v) is 6.78. The Morgan fingerprint density at radius 2 is 1.88 bits per heavy atom. The lowest BCUT2D eigenvalue weighted by atomic mass is 9.88. The van der Waals surface area contributed by atoms with Crippen molar-refractivity contribution >= 4 is 0 Å². The molecule has 0 aliphatic heterocycles. The summed E-state index contributed by atoms with van der Waals surface area (Å²) in [7, 11) is 3.94. The second-order valence-electron chi connectivity index (χ2n) is 6.39. The summed E-state index contributed by atoms with van der Waals surface area (Å²) in [4.78, 5) is 0. The molecule has 0 saturated heterocycles. The van der Waals surface area contributed by atoms with Crippen molar-refractivity contribution in [3.05, 3.63) is 0 Å². The zero-order chi connectivity index (χ0) is 11.8. The molecule has 2 saturated carbocycles. The predicted octanol–water partition coefficient (Wildman–Crippen LogP) is 2.83. The van der Waals surface area contributed by atoms with E-state index in [9.17, 15) is 0 Å². The van der Waals surface area contributed by atoms with Crippen LogP contribution in [-0.4, -0.2) is 25.8 Å². The molecule has 94 valence electrons. The summed E-state index contributed by atoms with van der Waals surface area (Å²) in [6, 6.07) is 0.710. The molecule has 0 aromatic rings. The van der Waals surface area contributed by atoms with Crippen LogP contribution in [0.25, 0.3) is 0 Å². The van der Waals surface area contributed by atoms with E-state index >= 15 is 0 Å². The van der Waals surface area contributed by atoms with Gasteiger partial charge in [0, 0.05) is 13.2 Å². The van der Waals surface area contributed by atoms with Crippen molar-refractivity contribution in [3.8, 4) is 0 Å². The highest BCUT2D eigenvalue weighted by molar-refractivity contribution is 4.99. The number of hydrogen-bond acceptors (Lipinski definition) is 2. The highest BCUT2D eigenvalue weighted by atomic mass is 16.5. The van der Waals surface area contributed by atoms with Gasteiger partial charge in [-0.1, -0.05) is 0 Å². The largest absolute Gasteiger partial charge is 0.379 e. The predicted molar refractivity (Wildman–Crippen MR) is 67.5 cm³/mol. The summed E-state index contributed by atoms with van der Waals surface area (Å²) in [5.74, 6) is 3.12. The molecule has 16 heavy (non-hydrogen) atoms. The van der Waals surface area contributed by atoms with Crippen molar-refractivity contribution in [1.82, 2.24) is 5.32 Å². The first-order valence-electron chi connectivity index (χ1n) is 6.78. The third kappa shape index (κ3) is 2.78. The van der Waals surface area contributed by atoms with Crippen molar-refractivity contribution in [2.24, 2.45) is 17.8 Å². The highest BCUT2D eigenvalue weighted by Crippen LogP contribution is 2.55. The van der Waals surface area contributed by atoms with E-state index < -0.39 is 0 Å². The minimum absolute atomic E-state index is 0.0383. The summed E-state index contributed by atoms with van der Waals surface area (Å²) in [5, 5.41) is 3.53. The number of fused-ring (bicyclic) bond motifs is 1. The molecule has 2 rings (SSSR count). The molecule has 0 bridgehead atoms. The van der Waals surface area contributed by atoms with Gasteiger partial charge >= 0.3 is 0 Å². The van der Waals surface area contributed by atoms with E-state index in [2.05, 4.69) is 26.2 Å². The van der Waals surface area contributed by atoms with Gasteiger partial charge in [-0.3, -0.25) is 0 Å². The Kier molecular flexibility index (Phi) is 3.60. The Bertz CT molecular complexity index is 229. The summed E-state index contributed by atoms with van der Waals surface area (Å²) in [5.41, 5.74) is 0.0383. The van der Waals surface area contributed by atoms with Gasteiger partial charge in [-0.25, -0.2) is 0 Å². The molecule has 3 atom stereocenters. The van der Waals surface area contributed by atoms with E-state index in [-0.39, 0.29) is 5.60 Å². The summed E-state index contributed by atoms with van der Waals surface area (Å²) < 4.78 is 5.50. The molecule has 3 unspecified atom stereocenters. The molecule has 2 aliphatic carbocycles. The van der Waals surface area contributed by atoms with Crippen LogP contribution in [0.15, 0.2) is 0 Å². The fourth-order valence-corrected chi connectivity index (χ4v) is 3.31. The maximum absolute atomic E-state index is 5.50. The molecule has 0 aromatic carbocycles.